The predicted molar refractivity (Wildman–Crippen MR) is 78.6 cm³/mol. The monoisotopic (exact) mass is 290 g/mol. The topological polar surface area (TPSA) is 41.6 Å². The van der Waals surface area contributed by atoms with Crippen molar-refractivity contribution in [1.29, 1.82) is 0 Å². The Morgan fingerprint density at radius 1 is 1.32 bits per heavy atom. The number of nitrogens with zero attached hydrogens (tertiary/aromatic N) is 1. The molecule has 19 heavy (non-hydrogen) atoms. The van der Waals surface area contributed by atoms with Crippen LogP contribution in [-0.4, -0.2) is 50.7 Å². The molecule has 0 atom stereocenters. The second-order valence-electron chi connectivity index (χ2n) is 5.94. The van der Waals surface area contributed by atoms with Crippen LogP contribution < -0.4 is 5.32 Å². The van der Waals surface area contributed by atoms with Crippen LogP contribution >= 0.6 is 12.4 Å². The number of hydrogen-bond donors (Lipinski definition) is 1. The standard InChI is InChI=1S/C14H26N2O2.ClH/c1-12-3-9-16(10-4-12)13(17)14(11-18-2)5-7-15-8-6-14;/h12,15H,3-11H2,1-2H3;1H. The second kappa shape index (κ2) is 7.46. The molecule has 0 saturated carbocycles. The van der Waals surface area contributed by atoms with Crippen molar-refractivity contribution in [3.8, 4) is 0 Å². The highest BCUT2D eigenvalue weighted by Gasteiger charge is 2.42. The molecule has 1 amide bonds. The van der Waals surface area contributed by atoms with Crippen LogP contribution in [0.15, 0.2) is 0 Å². The molecule has 0 spiro atoms. The van der Waals surface area contributed by atoms with Crippen molar-refractivity contribution >= 4 is 18.3 Å². The second-order valence-corrected chi connectivity index (χ2v) is 5.94. The summed E-state index contributed by atoms with van der Waals surface area (Å²) in [7, 11) is 1.70. The summed E-state index contributed by atoms with van der Waals surface area (Å²) in [6.45, 7) is 6.56. The lowest BCUT2D eigenvalue weighted by atomic mass is 9.77. The molecule has 0 bridgehead atoms. The van der Waals surface area contributed by atoms with Gasteiger partial charge in [-0.25, -0.2) is 0 Å². The number of hydrogen-bond acceptors (Lipinski definition) is 3. The Morgan fingerprint density at radius 3 is 2.42 bits per heavy atom. The van der Waals surface area contributed by atoms with Crippen LogP contribution in [0.25, 0.3) is 0 Å². The van der Waals surface area contributed by atoms with E-state index in [1.54, 1.807) is 7.11 Å². The minimum absolute atomic E-state index is 0. The first-order valence-corrected chi connectivity index (χ1v) is 7.17. The zero-order chi connectivity index (χ0) is 13.0. The molecule has 2 fully saturated rings. The van der Waals surface area contributed by atoms with Crippen LogP contribution in [0.4, 0.5) is 0 Å². The van der Waals surface area contributed by atoms with Crippen molar-refractivity contribution in [2.24, 2.45) is 11.3 Å². The van der Waals surface area contributed by atoms with Crippen molar-refractivity contribution in [1.82, 2.24) is 10.2 Å². The van der Waals surface area contributed by atoms with Crippen LogP contribution in [0, 0.1) is 11.3 Å². The summed E-state index contributed by atoms with van der Waals surface area (Å²) in [4.78, 5) is 14.9. The number of carbonyl (C=O) groups excluding carboxylic acids is 1. The van der Waals surface area contributed by atoms with Crippen molar-refractivity contribution in [3.63, 3.8) is 0 Å². The molecular formula is C14H27ClN2O2. The zero-order valence-electron chi connectivity index (χ0n) is 12.1. The Morgan fingerprint density at radius 2 is 1.89 bits per heavy atom. The van der Waals surface area contributed by atoms with E-state index in [0.29, 0.717) is 12.5 Å². The first-order chi connectivity index (χ1) is 8.68. The van der Waals surface area contributed by atoms with E-state index < -0.39 is 0 Å². The predicted octanol–water partition coefficient (Wildman–Crippen LogP) is 1.68. The lowest BCUT2D eigenvalue weighted by molar-refractivity contribution is -0.149. The van der Waals surface area contributed by atoms with Crippen molar-refractivity contribution in [3.05, 3.63) is 0 Å². The first kappa shape index (κ1) is 16.7. The third-order valence-corrected chi connectivity index (χ3v) is 4.51. The molecule has 2 rings (SSSR count). The van der Waals surface area contributed by atoms with E-state index in [-0.39, 0.29) is 17.8 Å². The molecule has 2 aliphatic heterocycles. The maximum Gasteiger partial charge on any atom is 0.231 e. The van der Waals surface area contributed by atoms with Crippen LogP contribution in [-0.2, 0) is 9.53 Å². The minimum atomic E-state index is -0.263. The number of nitrogens with one attached hydrogen (secondary N) is 1. The molecule has 4 nitrogen and oxygen atoms in total. The highest BCUT2D eigenvalue weighted by Crippen LogP contribution is 2.33. The third-order valence-electron chi connectivity index (χ3n) is 4.51. The fraction of sp³-hybridized carbons (Fsp3) is 0.929. The van der Waals surface area contributed by atoms with Crippen LogP contribution in [0.3, 0.4) is 0 Å². The quantitative estimate of drug-likeness (QED) is 0.860. The van der Waals surface area contributed by atoms with Crippen molar-refractivity contribution in [2.45, 2.75) is 32.6 Å². The van der Waals surface area contributed by atoms with E-state index in [1.807, 2.05) is 0 Å². The SMILES string of the molecule is COCC1(C(=O)N2CCC(C)CC2)CCNCC1.Cl. The van der Waals surface area contributed by atoms with Gasteiger partial charge in [-0.1, -0.05) is 6.92 Å². The van der Waals surface area contributed by atoms with Gasteiger partial charge in [0.15, 0.2) is 0 Å². The van der Waals surface area contributed by atoms with Crippen molar-refractivity contribution in [2.75, 3.05) is 39.9 Å². The molecule has 0 aromatic rings. The number of piperidine rings is 2. The van der Waals surface area contributed by atoms with Gasteiger partial charge in [0.2, 0.25) is 5.91 Å². The Hall–Kier alpha value is -0.320. The molecule has 2 saturated heterocycles. The van der Waals surface area contributed by atoms with Crippen LogP contribution in [0.5, 0.6) is 0 Å². The Kier molecular flexibility index (Phi) is 6.57. The lowest BCUT2D eigenvalue weighted by Crippen LogP contribution is -2.53. The summed E-state index contributed by atoms with van der Waals surface area (Å²) in [5.74, 6) is 1.10. The highest BCUT2D eigenvalue weighted by atomic mass is 35.5. The average Bonchev–Trinajstić information content (AvgIpc) is 2.40. The number of ether oxygens (including phenoxy) is 1. The number of likely N-dealkylation sites (tertiary alicyclic amines) is 1. The van der Waals surface area contributed by atoms with Gasteiger partial charge in [0.05, 0.1) is 12.0 Å². The first-order valence-electron chi connectivity index (χ1n) is 7.17. The number of halogens is 1. The minimum Gasteiger partial charge on any atom is -0.384 e. The molecule has 0 radical (unpaired) electrons. The van der Waals surface area contributed by atoms with Crippen LogP contribution in [0.2, 0.25) is 0 Å². The van der Waals surface area contributed by atoms with Crippen LogP contribution in [0.1, 0.15) is 32.6 Å². The Bertz CT molecular complexity index is 280. The fourth-order valence-corrected chi connectivity index (χ4v) is 3.15. The van der Waals surface area contributed by atoms with E-state index in [4.69, 9.17) is 4.74 Å². The van der Waals surface area contributed by atoms with E-state index >= 15 is 0 Å². The fourth-order valence-electron chi connectivity index (χ4n) is 3.15. The van der Waals surface area contributed by atoms with E-state index in [2.05, 4.69) is 17.1 Å². The Balaban J connectivity index is 0.00000180. The van der Waals surface area contributed by atoms with Gasteiger partial charge in [-0.15, -0.1) is 12.4 Å². The Labute approximate surface area is 122 Å². The molecule has 0 aromatic heterocycles. The smallest absolute Gasteiger partial charge is 0.231 e. The third kappa shape index (κ3) is 3.83. The van der Waals surface area contributed by atoms with Gasteiger partial charge in [0.1, 0.15) is 0 Å². The number of rotatable bonds is 3. The van der Waals surface area contributed by atoms with Gasteiger partial charge in [-0.05, 0) is 44.7 Å². The average molecular weight is 291 g/mol. The molecular weight excluding hydrogens is 264 g/mol. The molecule has 1 N–H and O–H groups in total. The number of amides is 1. The molecule has 0 unspecified atom stereocenters. The van der Waals surface area contributed by atoms with E-state index in [9.17, 15) is 4.79 Å². The normalized spacial score (nSPS) is 23.8. The summed E-state index contributed by atoms with van der Waals surface area (Å²) < 4.78 is 5.34. The van der Waals surface area contributed by atoms with Gasteiger partial charge in [0.25, 0.3) is 0 Å². The lowest BCUT2D eigenvalue weighted by Gasteiger charge is -2.41. The van der Waals surface area contributed by atoms with Gasteiger partial charge >= 0.3 is 0 Å². The molecule has 2 aliphatic rings. The summed E-state index contributed by atoms with van der Waals surface area (Å²) in [6.07, 6.45) is 4.11. The largest absolute Gasteiger partial charge is 0.384 e. The molecule has 0 aliphatic carbocycles. The molecule has 0 aromatic carbocycles. The maximum absolute atomic E-state index is 12.8. The van der Waals surface area contributed by atoms with E-state index in [1.165, 1.54) is 0 Å². The van der Waals surface area contributed by atoms with Crippen molar-refractivity contribution < 1.29 is 9.53 Å². The maximum atomic E-state index is 12.8. The summed E-state index contributed by atoms with van der Waals surface area (Å²) in [6, 6.07) is 0. The summed E-state index contributed by atoms with van der Waals surface area (Å²) >= 11 is 0. The van der Waals surface area contributed by atoms with Gasteiger partial charge < -0.3 is 15.0 Å². The highest BCUT2D eigenvalue weighted by molar-refractivity contribution is 5.85. The zero-order valence-corrected chi connectivity index (χ0v) is 12.9. The summed E-state index contributed by atoms with van der Waals surface area (Å²) in [5.41, 5.74) is -0.263. The van der Waals surface area contributed by atoms with E-state index in [0.717, 1.165) is 57.8 Å². The molecule has 2 heterocycles. The number of methoxy groups -OCH3 is 1. The van der Waals surface area contributed by atoms with Gasteiger partial charge in [-0.2, -0.15) is 0 Å². The van der Waals surface area contributed by atoms with Gasteiger partial charge in [0, 0.05) is 20.2 Å². The molecule has 5 heteroatoms. The molecule has 112 valence electrons. The summed E-state index contributed by atoms with van der Waals surface area (Å²) in [5, 5.41) is 3.34. The van der Waals surface area contributed by atoms with Gasteiger partial charge in [-0.3, -0.25) is 4.79 Å². The number of carbonyl (C=O) groups is 1.